The predicted octanol–water partition coefficient (Wildman–Crippen LogP) is 4.04. The molecule has 21 heavy (non-hydrogen) atoms. The highest BCUT2D eigenvalue weighted by Crippen LogP contribution is 2.33. The van der Waals surface area contributed by atoms with Crippen molar-refractivity contribution in [2.45, 2.75) is 25.8 Å². The Hall–Kier alpha value is -2.02. The van der Waals surface area contributed by atoms with E-state index in [4.69, 9.17) is 0 Å². The topological polar surface area (TPSA) is 55.2 Å². The van der Waals surface area contributed by atoms with Gasteiger partial charge in [0.25, 0.3) is 5.69 Å². The van der Waals surface area contributed by atoms with Crippen LogP contribution in [0.25, 0.3) is 0 Å². The summed E-state index contributed by atoms with van der Waals surface area (Å²) in [6.45, 7) is 0.249. The summed E-state index contributed by atoms with van der Waals surface area (Å²) in [5.41, 5.74) is 0.442. The second-order valence-corrected chi connectivity index (χ2v) is 6.10. The van der Waals surface area contributed by atoms with Crippen LogP contribution in [0.1, 0.15) is 21.7 Å². The van der Waals surface area contributed by atoms with Crippen LogP contribution in [-0.2, 0) is 19.4 Å². The number of nitro groups is 1. The van der Waals surface area contributed by atoms with Crippen LogP contribution in [0.5, 0.6) is 0 Å². The first-order chi connectivity index (χ1) is 10.1. The van der Waals surface area contributed by atoms with Gasteiger partial charge in [0.2, 0.25) is 0 Å². The zero-order chi connectivity index (χ0) is 15.0. The van der Waals surface area contributed by atoms with Crippen molar-refractivity contribution in [1.29, 1.82) is 0 Å². The summed E-state index contributed by atoms with van der Waals surface area (Å²) in [6, 6.07) is 3.76. The molecule has 0 aliphatic heterocycles. The van der Waals surface area contributed by atoms with E-state index in [0.717, 1.165) is 36.3 Å². The van der Waals surface area contributed by atoms with E-state index in [0.29, 0.717) is 0 Å². The van der Waals surface area contributed by atoms with Crippen molar-refractivity contribution in [3.05, 3.63) is 55.3 Å². The lowest BCUT2D eigenvalue weighted by Crippen LogP contribution is -2.05. The molecule has 1 aliphatic rings. The van der Waals surface area contributed by atoms with Crippen LogP contribution in [0, 0.1) is 21.7 Å². The number of halogens is 2. The number of hydrogen-bond donors (Lipinski definition) is 1. The Balaban J connectivity index is 1.83. The van der Waals surface area contributed by atoms with Crippen molar-refractivity contribution >= 4 is 22.7 Å². The number of nitrogens with one attached hydrogen (secondary N) is 1. The standard InChI is InChI=1S/C14H12F2N2O2S/c15-10-4-5-11(18(19)20)14(13(10)16)17-7-9-6-8-2-1-3-12(8)21-9/h4-6,17H,1-3,7H2. The van der Waals surface area contributed by atoms with Gasteiger partial charge in [0.15, 0.2) is 17.3 Å². The van der Waals surface area contributed by atoms with E-state index in [-0.39, 0.29) is 6.54 Å². The third kappa shape index (κ3) is 2.61. The Bertz CT molecular complexity index is 694. The number of aryl methyl sites for hydroxylation is 2. The molecular formula is C14H12F2N2O2S. The van der Waals surface area contributed by atoms with Gasteiger partial charge in [0, 0.05) is 22.4 Å². The zero-order valence-corrected chi connectivity index (χ0v) is 11.8. The zero-order valence-electron chi connectivity index (χ0n) is 11.0. The third-order valence-electron chi connectivity index (χ3n) is 3.51. The molecular weight excluding hydrogens is 298 g/mol. The van der Waals surface area contributed by atoms with Crippen molar-refractivity contribution in [2.24, 2.45) is 0 Å². The van der Waals surface area contributed by atoms with Crippen LogP contribution in [0.4, 0.5) is 20.2 Å². The van der Waals surface area contributed by atoms with Crippen LogP contribution >= 0.6 is 11.3 Å². The first kappa shape index (κ1) is 13.9. The van der Waals surface area contributed by atoms with Gasteiger partial charge in [-0.2, -0.15) is 0 Å². The maximum Gasteiger partial charge on any atom is 0.295 e. The van der Waals surface area contributed by atoms with Crippen LogP contribution in [0.15, 0.2) is 18.2 Å². The third-order valence-corrected chi connectivity index (χ3v) is 4.74. The molecule has 3 rings (SSSR count). The van der Waals surface area contributed by atoms with E-state index in [1.54, 1.807) is 11.3 Å². The van der Waals surface area contributed by atoms with Gasteiger partial charge in [-0.05, 0) is 37.0 Å². The van der Waals surface area contributed by atoms with Gasteiger partial charge in [-0.1, -0.05) is 0 Å². The second kappa shape index (κ2) is 5.40. The molecule has 0 amide bonds. The van der Waals surface area contributed by atoms with E-state index >= 15 is 0 Å². The molecule has 1 aromatic heterocycles. The van der Waals surface area contributed by atoms with Gasteiger partial charge in [-0.3, -0.25) is 10.1 Å². The average Bonchev–Trinajstić information content (AvgIpc) is 3.00. The molecule has 1 aliphatic carbocycles. The summed E-state index contributed by atoms with van der Waals surface area (Å²) in [6.07, 6.45) is 3.24. The Labute approximate surface area is 123 Å². The minimum Gasteiger partial charge on any atom is -0.372 e. The average molecular weight is 310 g/mol. The van der Waals surface area contributed by atoms with E-state index < -0.39 is 27.9 Å². The summed E-state index contributed by atoms with van der Waals surface area (Å²) >= 11 is 1.62. The molecule has 0 radical (unpaired) electrons. The maximum atomic E-state index is 13.7. The van der Waals surface area contributed by atoms with Gasteiger partial charge in [-0.25, -0.2) is 8.78 Å². The van der Waals surface area contributed by atoms with Crippen LogP contribution in [0.3, 0.4) is 0 Å². The van der Waals surface area contributed by atoms with Crippen molar-refractivity contribution in [1.82, 2.24) is 0 Å². The molecule has 2 aromatic rings. The quantitative estimate of drug-likeness (QED) is 0.685. The normalized spacial score (nSPS) is 13.2. The van der Waals surface area contributed by atoms with Crippen LogP contribution in [0.2, 0.25) is 0 Å². The molecule has 0 saturated heterocycles. The maximum absolute atomic E-state index is 13.7. The molecule has 1 heterocycles. The van der Waals surface area contributed by atoms with Gasteiger partial charge >= 0.3 is 0 Å². The lowest BCUT2D eigenvalue weighted by atomic mass is 10.2. The summed E-state index contributed by atoms with van der Waals surface area (Å²) in [5.74, 6) is -2.31. The molecule has 1 N–H and O–H groups in total. The molecule has 0 saturated carbocycles. The molecule has 1 aromatic carbocycles. The SMILES string of the molecule is O=[N+]([O-])c1ccc(F)c(F)c1NCc1cc2c(s1)CCC2. The molecule has 0 unspecified atom stereocenters. The molecule has 0 atom stereocenters. The highest BCUT2D eigenvalue weighted by Gasteiger charge is 2.22. The summed E-state index contributed by atoms with van der Waals surface area (Å²) in [7, 11) is 0. The first-order valence-electron chi connectivity index (χ1n) is 6.53. The van der Waals surface area contributed by atoms with E-state index in [1.165, 1.54) is 10.4 Å². The Kier molecular flexibility index (Phi) is 3.59. The lowest BCUT2D eigenvalue weighted by Gasteiger charge is -2.07. The summed E-state index contributed by atoms with van der Waals surface area (Å²) < 4.78 is 27.0. The molecule has 7 heteroatoms. The van der Waals surface area contributed by atoms with Crippen molar-refractivity contribution < 1.29 is 13.7 Å². The molecule has 110 valence electrons. The summed E-state index contributed by atoms with van der Waals surface area (Å²) in [4.78, 5) is 12.5. The molecule has 0 spiro atoms. The van der Waals surface area contributed by atoms with E-state index in [1.807, 2.05) is 6.07 Å². The van der Waals surface area contributed by atoms with Crippen LogP contribution < -0.4 is 5.32 Å². The van der Waals surface area contributed by atoms with Gasteiger partial charge < -0.3 is 5.32 Å². The number of nitrogens with zero attached hydrogens (tertiary/aromatic N) is 1. The lowest BCUT2D eigenvalue weighted by molar-refractivity contribution is -0.384. The van der Waals surface area contributed by atoms with E-state index in [9.17, 15) is 18.9 Å². The van der Waals surface area contributed by atoms with Crippen molar-refractivity contribution in [3.63, 3.8) is 0 Å². The van der Waals surface area contributed by atoms with Crippen molar-refractivity contribution in [2.75, 3.05) is 5.32 Å². The number of thiophene rings is 1. The van der Waals surface area contributed by atoms with Crippen molar-refractivity contribution in [3.8, 4) is 0 Å². The molecule has 0 bridgehead atoms. The fourth-order valence-corrected chi connectivity index (χ4v) is 3.71. The first-order valence-corrected chi connectivity index (χ1v) is 7.34. The highest BCUT2D eigenvalue weighted by molar-refractivity contribution is 7.12. The highest BCUT2D eigenvalue weighted by atomic mass is 32.1. The monoisotopic (exact) mass is 310 g/mol. The number of anilines is 1. The molecule has 0 fully saturated rings. The predicted molar refractivity (Wildman–Crippen MR) is 76.7 cm³/mol. The minimum absolute atomic E-state index is 0.249. The van der Waals surface area contributed by atoms with Gasteiger partial charge in [0.1, 0.15) is 0 Å². The smallest absolute Gasteiger partial charge is 0.295 e. The molecule has 4 nitrogen and oxygen atoms in total. The fraction of sp³-hybridized carbons (Fsp3) is 0.286. The number of nitro benzene ring substituents is 1. The Morgan fingerprint density at radius 2 is 2.14 bits per heavy atom. The largest absolute Gasteiger partial charge is 0.372 e. The Morgan fingerprint density at radius 3 is 2.86 bits per heavy atom. The van der Waals surface area contributed by atoms with E-state index in [2.05, 4.69) is 5.32 Å². The number of fused-ring (bicyclic) bond motifs is 1. The second-order valence-electron chi connectivity index (χ2n) is 4.88. The number of rotatable bonds is 4. The summed E-state index contributed by atoms with van der Waals surface area (Å²) in [5, 5.41) is 13.6. The number of hydrogen-bond acceptors (Lipinski definition) is 4. The van der Waals surface area contributed by atoms with Gasteiger partial charge in [-0.15, -0.1) is 11.3 Å². The number of benzene rings is 1. The van der Waals surface area contributed by atoms with Gasteiger partial charge in [0.05, 0.1) is 4.92 Å². The Morgan fingerprint density at radius 1 is 1.33 bits per heavy atom. The fourth-order valence-electron chi connectivity index (χ4n) is 2.51. The minimum atomic E-state index is -1.21. The van der Waals surface area contributed by atoms with Crippen LogP contribution in [-0.4, -0.2) is 4.92 Å².